The monoisotopic (exact) mass is 603 g/mol. The highest BCUT2D eigenvalue weighted by Gasteiger charge is 2.33. The molecule has 0 bridgehead atoms. The highest BCUT2D eigenvalue weighted by molar-refractivity contribution is 6.24. The van der Waals surface area contributed by atoms with Crippen molar-refractivity contribution in [2.75, 3.05) is 16.0 Å². The number of alkyl halides is 3. The zero-order valence-electron chi connectivity index (χ0n) is 24.8. The summed E-state index contributed by atoms with van der Waals surface area (Å²) in [7, 11) is 0. The maximum absolute atomic E-state index is 13.3. The van der Waals surface area contributed by atoms with Gasteiger partial charge in [-0.3, -0.25) is 9.59 Å². The summed E-state index contributed by atoms with van der Waals surface area (Å²) in [5, 5.41) is 21.6. The molecular formula is C32H32F3N7O2. The van der Waals surface area contributed by atoms with Gasteiger partial charge in [0.1, 0.15) is 23.0 Å². The van der Waals surface area contributed by atoms with Gasteiger partial charge in [-0.1, -0.05) is 36.4 Å². The van der Waals surface area contributed by atoms with Gasteiger partial charge < -0.3 is 21.4 Å². The highest BCUT2D eigenvalue weighted by Crippen LogP contribution is 2.35. The van der Waals surface area contributed by atoms with Gasteiger partial charge in [-0.25, -0.2) is 9.67 Å². The molecular weight excluding hydrogens is 571 g/mol. The van der Waals surface area contributed by atoms with Crippen molar-refractivity contribution < 1.29 is 22.8 Å². The predicted octanol–water partition coefficient (Wildman–Crippen LogP) is 7.64. The van der Waals surface area contributed by atoms with Gasteiger partial charge in [0, 0.05) is 28.3 Å². The number of amides is 1. The van der Waals surface area contributed by atoms with E-state index in [-0.39, 0.29) is 28.5 Å². The number of halogens is 3. The third kappa shape index (κ3) is 7.20. The average Bonchev–Trinajstić information content (AvgIpc) is 3.32. The van der Waals surface area contributed by atoms with E-state index in [4.69, 9.17) is 5.41 Å². The van der Waals surface area contributed by atoms with E-state index in [1.165, 1.54) is 23.7 Å². The largest absolute Gasteiger partial charge is 0.433 e. The lowest BCUT2D eigenvalue weighted by atomic mass is 10.1. The van der Waals surface area contributed by atoms with Crippen LogP contribution in [0.15, 0.2) is 84.1 Å². The smallest absolute Gasteiger partial charge is 0.358 e. The molecule has 4 aromatic rings. The Morgan fingerprint density at radius 3 is 2.09 bits per heavy atom. The topological polar surface area (TPSA) is 125 Å². The first kappa shape index (κ1) is 31.7. The van der Waals surface area contributed by atoms with Gasteiger partial charge in [0.15, 0.2) is 6.29 Å². The van der Waals surface area contributed by atoms with Crippen molar-refractivity contribution in [1.29, 1.82) is 5.41 Å². The fourth-order valence-corrected chi connectivity index (χ4v) is 4.47. The molecule has 0 radical (unpaired) electrons. The van der Waals surface area contributed by atoms with E-state index in [0.29, 0.717) is 28.9 Å². The molecule has 0 saturated heterocycles. The number of aromatic nitrogens is 3. The van der Waals surface area contributed by atoms with Crippen molar-refractivity contribution >= 4 is 40.9 Å². The Kier molecular flexibility index (Phi) is 9.03. The molecule has 228 valence electrons. The van der Waals surface area contributed by atoms with Crippen LogP contribution >= 0.6 is 0 Å². The number of carbonyl (C=O) groups is 2. The van der Waals surface area contributed by atoms with Gasteiger partial charge >= 0.3 is 6.18 Å². The first-order chi connectivity index (χ1) is 20.7. The van der Waals surface area contributed by atoms with Crippen molar-refractivity contribution in [2.45, 2.75) is 46.3 Å². The number of hydrogen-bond acceptors (Lipinski definition) is 7. The molecule has 2 aromatic carbocycles. The Morgan fingerprint density at radius 1 is 0.886 bits per heavy atom. The molecule has 44 heavy (non-hydrogen) atoms. The van der Waals surface area contributed by atoms with Gasteiger partial charge in [0.25, 0.3) is 5.91 Å². The maximum atomic E-state index is 13.3. The van der Waals surface area contributed by atoms with E-state index >= 15 is 0 Å². The van der Waals surface area contributed by atoms with Crippen LogP contribution in [0.2, 0.25) is 0 Å². The van der Waals surface area contributed by atoms with Gasteiger partial charge in [0.05, 0.1) is 16.7 Å². The zero-order valence-corrected chi connectivity index (χ0v) is 24.8. The second kappa shape index (κ2) is 12.5. The van der Waals surface area contributed by atoms with Gasteiger partial charge in [-0.05, 0) is 71.0 Å². The number of benzene rings is 2. The molecule has 9 nitrogen and oxygen atoms in total. The summed E-state index contributed by atoms with van der Waals surface area (Å²) in [4.78, 5) is 29.2. The van der Waals surface area contributed by atoms with E-state index in [1.54, 1.807) is 31.2 Å². The fraction of sp³-hybridized carbons (Fsp3) is 0.219. The minimum absolute atomic E-state index is 0.0821. The van der Waals surface area contributed by atoms with Gasteiger partial charge in [0.2, 0.25) is 0 Å². The Morgan fingerprint density at radius 2 is 1.52 bits per heavy atom. The Hall–Kier alpha value is -5.26. The van der Waals surface area contributed by atoms with E-state index in [1.807, 2.05) is 51.1 Å². The molecule has 0 aliphatic rings. The number of carbonyl (C=O) groups excluding carboxylic acids is 2. The molecule has 0 fully saturated rings. The second-order valence-electron chi connectivity index (χ2n) is 11.0. The lowest BCUT2D eigenvalue weighted by Gasteiger charge is -2.23. The van der Waals surface area contributed by atoms with Crippen LogP contribution in [-0.4, -0.2) is 32.7 Å². The van der Waals surface area contributed by atoms with E-state index in [0.717, 1.165) is 11.8 Å². The zero-order chi connectivity index (χ0) is 32.2. The van der Waals surface area contributed by atoms with E-state index < -0.39 is 23.3 Å². The predicted molar refractivity (Wildman–Crippen MR) is 165 cm³/mol. The molecule has 2 aromatic heterocycles. The number of para-hydroxylation sites is 1. The number of anilines is 4. The molecule has 12 heteroatoms. The highest BCUT2D eigenvalue weighted by atomic mass is 19.4. The van der Waals surface area contributed by atoms with Crippen LogP contribution in [-0.2, 0) is 16.5 Å². The van der Waals surface area contributed by atoms with Gasteiger partial charge in [-0.15, -0.1) is 0 Å². The molecule has 0 aliphatic heterocycles. The second-order valence-corrected chi connectivity index (χ2v) is 11.0. The van der Waals surface area contributed by atoms with Crippen LogP contribution in [0.5, 0.6) is 0 Å². The minimum Gasteiger partial charge on any atom is -0.358 e. The molecule has 0 saturated carbocycles. The average molecular weight is 604 g/mol. The first-order valence-corrected chi connectivity index (χ1v) is 13.6. The Labute approximate surface area is 252 Å². The summed E-state index contributed by atoms with van der Waals surface area (Å²) in [5.41, 5.74) is 1.22. The number of hydrogen-bond donors (Lipinski definition) is 4. The number of nitrogens with one attached hydrogen (secondary N) is 4. The van der Waals surface area contributed by atoms with Crippen molar-refractivity contribution in [3.8, 4) is 11.3 Å². The third-order valence-electron chi connectivity index (χ3n) is 6.46. The normalized spacial score (nSPS) is 12.3. The first-order valence-electron chi connectivity index (χ1n) is 13.6. The van der Waals surface area contributed by atoms with Crippen LogP contribution in [0.4, 0.5) is 36.2 Å². The number of nitrogens with zero attached hydrogens (tertiary/aromatic N) is 3. The molecule has 0 spiro atoms. The molecule has 0 atom stereocenters. The number of rotatable bonds is 9. The molecule has 2 heterocycles. The summed E-state index contributed by atoms with van der Waals surface area (Å²) < 4.78 is 41.3. The SMILES string of the molecule is CC(=N)/C(C(=O)Nc1ccc(-c2nn(C(C)(C)C)c(Nc3cccc(C(F)(F)F)n3)c2C=O)cc1)=C(/C)Nc1ccccc1. The summed E-state index contributed by atoms with van der Waals surface area (Å²) >= 11 is 0. The number of aldehydes is 1. The molecule has 0 unspecified atom stereocenters. The van der Waals surface area contributed by atoms with E-state index in [9.17, 15) is 22.8 Å². The molecule has 4 rings (SSSR count). The molecule has 4 N–H and O–H groups in total. The Balaban J connectivity index is 1.64. The Bertz CT molecular complexity index is 1720. The lowest BCUT2D eigenvalue weighted by molar-refractivity contribution is -0.141. The van der Waals surface area contributed by atoms with Crippen LogP contribution in [0.1, 0.15) is 50.7 Å². The van der Waals surface area contributed by atoms with E-state index in [2.05, 4.69) is 26.0 Å². The number of pyridine rings is 1. The van der Waals surface area contributed by atoms with Crippen LogP contribution in [0.3, 0.4) is 0 Å². The third-order valence-corrected chi connectivity index (χ3v) is 6.46. The quantitative estimate of drug-likeness (QED) is 0.0885. The standard InChI is InChI=1S/C32H32F3N7O2/c1-19(36)27(20(2)37-22-10-7-6-8-11-22)30(44)38-23-16-14-21(15-17-23)28-24(18-43)29(42(41-28)31(3,4)5)40-26-13-9-12-25(39-26)32(33,34)35/h6-18,36-37H,1-5H3,(H,38,44)(H,39,40)/b27-20+,36-19?. The lowest BCUT2D eigenvalue weighted by Crippen LogP contribution is -2.25. The molecule has 1 amide bonds. The van der Waals surface area contributed by atoms with Crippen molar-refractivity contribution in [3.05, 3.63) is 95.3 Å². The number of allylic oxidation sites excluding steroid dienone is 1. The van der Waals surface area contributed by atoms with Crippen molar-refractivity contribution in [3.63, 3.8) is 0 Å². The van der Waals surface area contributed by atoms with Crippen LogP contribution in [0.25, 0.3) is 11.3 Å². The summed E-state index contributed by atoms with van der Waals surface area (Å²) in [6.07, 6.45) is -4.05. The van der Waals surface area contributed by atoms with Gasteiger partial charge in [-0.2, -0.15) is 18.3 Å². The molecule has 0 aliphatic carbocycles. The van der Waals surface area contributed by atoms with Crippen molar-refractivity contribution in [2.24, 2.45) is 0 Å². The minimum atomic E-state index is -4.64. The fourth-order valence-electron chi connectivity index (χ4n) is 4.47. The van der Waals surface area contributed by atoms with Crippen LogP contribution < -0.4 is 16.0 Å². The summed E-state index contributed by atoms with van der Waals surface area (Å²) in [6.45, 7) is 8.77. The maximum Gasteiger partial charge on any atom is 0.433 e. The van der Waals surface area contributed by atoms with Crippen molar-refractivity contribution in [1.82, 2.24) is 14.8 Å². The van der Waals surface area contributed by atoms with Crippen LogP contribution in [0, 0.1) is 5.41 Å². The summed E-state index contributed by atoms with van der Waals surface area (Å²) in [5.74, 6) is -0.387. The summed E-state index contributed by atoms with van der Waals surface area (Å²) in [6, 6.07) is 19.4.